The number of hydrogen-bond acceptors (Lipinski definition) is 2. The van der Waals surface area contributed by atoms with Crippen LogP contribution in [0.2, 0.25) is 10.0 Å². The predicted octanol–water partition coefficient (Wildman–Crippen LogP) is 6.32. The molecule has 0 amide bonds. The summed E-state index contributed by atoms with van der Waals surface area (Å²) in [6.45, 7) is 0.916. The van der Waals surface area contributed by atoms with Crippen molar-refractivity contribution in [2.45, 2.75) is 13.2 Å². The van der Waals surface area contributed by atoms with E-state index in [9.17, 15) is 4.39 Å². The van der Waals surface area contributed by atoms with Crippen molar-refractivity contribution in [3.8, 4) is 5.75 Å². The average molecular weight is 376 g/mol. The fraction of sp³-hybridized carbons (Fsp3) is 0.100. The van der Waals surface area contributed by atoms with E-state index in [-0.39, 0.29) is 5.02 Å². The summed E-state index contributed by atoms with van der Waals surface area (Å²) >= 11 is 12.0. The van der Waals surface area contributed by atoms with Crippen LogP contribution >= 0.6 is 23.2 Å². The van der Waals surface area contributed by atoms with Gasteiger partial charge in [-0.15, -0.1) is 0 Å². The van der Waals surface area contributed by atoms with Crippen LogP contribution in [-0.2, 0) is 13.2 Å². The van der Waals surface area contributed by atoms with Gasteiger partial charge in [-0.1, -0.05) is 59.6 Å². The van der Waals surface area contributed by atoms with Crippen molar-refractivity contribution >= 4 is 28.9 Å². The monoisotopic (exact) mass is 375 g/mol. The zero-order valence-corrected chi connectivity index (χ0v) is 14.8. The quantitative estimate of drug-likeness (QED) is 0.543. The van der Waals surface area contributed by atoms with Crippen LogP contribution in [0.15, 0.2) is 66.7 Å². The van der Waals surface area contributed by atoms with Crippen molar-refractivity contribution in [2.24, 2.45) is 0 Å². The lowest BCUT2D eigenvalue weighted by molar-refractivity contribution is 0.303. The van der Waals surface area contributed by atoms with Crippen LogP contribution in [0.1, 0.15) is 11.1 Å². The minimum atomic E-state index is -0.435. The van der Waals surface area contributed by atoms with Crippen molar-refractivity contribution in [1.82, 2.24) is 0 Å². The molecule has 0 unspecified atom stereocenters. The number of nitrogens with one attached hydrogen (secondary N) is 1. The Morgan fingerprint density at radius 2 is 1.56 bits per heavy atom. The Balaban J connectivity index is 1.68. The zero-order chi connectivity index (χ0) is 17.6. The van der Waals surface area contributed by atoms with E-state index in [1.54, 1.807) is 12.1 Å². The first-order chi connectivity index (χ1) is 12.1. The fourth-order valence-electron chi connectivity index (χ4n) is 2.37. The molecule has 128 valence electrons. The number of rotatable bonds is 6. The Labute approximate surface area is 156 Å². The molecule has 0 aliphatic carbocycles. The van der Waals surface area contributed by atoms with Gasteiger partial charge in [0.25, 0.3) is 0 Å². The summed E-state index contributed by atoms with van der Waals surface area (Å²) in [5, 5.41) is 3.99. The van der Waals surface area contributed by atoms with E-state index in [0.717, 1.165) is 22.6 Å². The summed E-state index contributed by atoms with van der Waals surface area (Å²) in [5.74, 6) is 0.332. The van der Waals surface area contributed by atoms with Gasteiger partial charge in [-0.3, -0.25) is 0 Å². The molecule has 2 nitrogen and oxygen atoms in total. The molecule has 0 fully saturated rings. The second kappa shape index (κ2) is 8.24. The highest BCUT2D eigenvalue weighted by molar-refractivity contribution is 6.31. The third kappa shape index (κ3) is 4.65. The third-order valence-electron chi connectivity index (χ3n) is 3.72. The van der Waals surface area contributed by atoms with E-state index < -0.39 is 5.82 Å². The molecule has 3 aromatic rings. The van der Waals surface area contributed by atoms with Gasteiger partial charge in [0.1, 0.15) is 18.2 Å². The van der Waals surface area contributed by atoms with E-state index in [1.165, 1.54) is 6.07 Å². The van der Waals surface area contributed by atoms with Crippen molar-refractivity contribution < 1.29 is 9.13 Å². The van der Waals surface area contributed by atoms with E-state index in [2.05, 4.69) is 5.32 Å². The Morgan fingerprint density at radius 1 is 0.840 bits per heavy atom. The highest BCUT2D eigenvalue weighted by Crippen LogP contribution is 2.24. The van der Waals surface area contributed by atoms with Crippen LogP contribution in [-0.4, -0.2) is 0 Å². The van der Waals surface area contributed by atoms with Crippen LogP contribution in [0.25, 0.3) is 0 Å². The maximum atomic E-state index is 13.2. The van der Waals surface area contributed by atoms with E-state index in [1.807, 2.05) is 48.5 Å². The lowest BCUT2D eigenvalue weighted by Gasteiger charge is -2.13. The first-order valence-electron chi connectivity index (χ1n) is 7.76. The lowest BCUT2D eigenvalue weighted by Crippen LogP contribution is -2.04. The molecule has 0 radical (unpaired) electrons. The van der Waals surface area contributed by atoms with E-state index >= 15 is 0 Å². The zero-order valence-electron chi connectivity index (χ0n) is 13.3. The molecule has 0 heterocycles. The first kappa shape index (κ1) is 17.6. The molecule has 0 bridgehead atoms. The molecule has 3 rings (SSSR count). The molecule has 5 heteroatoms. The number of hydrogen-bond donors (Lipinski definition) is 1. The largest absolute Gasteiger partial charge is 0.488 e. The number of para-hydroxylation sites is 1. The molecule has 0 atom stereocenters. The summed E-state index contributed by atoms with van der Waals surface area (Å²) < 4.78 is 19.2. The molecule has 0 aliphatic rings. The second-order valence-corrected chi connectivity index (χ2v) is 6.28. The van der Waals surface area contributed by atoms with Gasteiger partial charge in [0.15, 0.2) is 0 Å². The summed E-state index contributed by atoms with van der Waals surface area (Å²) in [7, 11) is 0. The molecule has 1 N–H and O–H groups in total. The van der Waals surface area contributed by atoms with Crippen LogP contribution in [0.4, 0.5) is 10.1 Å². The molecule has 3 aromatic carbocycles. The highest BCUT2D eigenvalue weighted by Gasteiger charge is 2.06. The van der Waals surface area contributed by atoms with Gasteiger partial charge >= 0.3 is 0 Å². The average Bonchev–Trinajstić information content (AvgIpc) is 2.63. The number of halogens is 3. The molecular formula is C20H16Cl2FNO. The molecular weight excluding hydrogens is 360 g/mol. The van der Waals surface area contributed by atoms with Crippen LogP contribution in [0.5, 0.6) is 5.75 Å². The van der Waals surface area contributed by atoms with Crippen molar-refractivity contribution in [3.05, 3.63) is 93.7 Å². The first-order valence-corrected chi connectivity index (χ1v) is 8.52. The van der Waals surface area contributed by atoms with Crippen LogP contribution < -0.4 is 10.1 Å². The minimum absolute atomic E-state index is 0.0910. The highest BCUT2D eigenvalue weighted by atomic mass is 35.5. The molecule has 0 saturated carbocycles. The van der Waals surface area contributed by atoms with Crippen LogP contribution in [0, 0.1) is 5.82 Å². The summed E-state index contributed by atoms with van der Waals surface area (Å²) in [4.78, 5) is 0. The smallest absolute Gasteiger partial charge is 0.141 e. The maximum absolute atomic E-state index is 13.2. The van der Waals surface area contributed by atoms with Gasteiger partial charge in [-0.2, -0.15) is 0 Å². The molecule has 25 heavy (non-hydrogen) atoms. The van der Waals surface area contributed by atoms with E-state index in [0.29, 0.717) is 18.2 Å². The summed E-state index contributed by atoms with van der Waals surface area (Å²) in [6, 6.07) is 19.9. The maximum Gasteiger partial charge on any atom is 0.141 e. The van der Waals surface area contributed by atoms with Crippen molar-refractivity contribution in [1.29, 1.82) is 0 Å². The number of anilines is 1. The van der Waals surface area contributed by atoms with Gasteiger partial charge in [-0.05, 0) is 30.3 Å². The minimum Gasteiger partial charge on any atom is -0.488 e. The number of ether oxygens (including phenoxy) is 1. The van der Waals surface area contributed by atoms with Crippen molar-refractivity contribution in [3.63, 3.8) is 0 Å². The predicted molar refractivity (Wildman–Crippen MR) is 101 cm³/mol. The standard InChI is InChI=1S/C20H16Cl2FNO/c21-17-7-3-1-6-15(17)13-25-20-8-4-2-5-14(20)12-24-16-9-10-19(23)18(22)11-16/h1-11,24H,12-13H2. The lowest BCUT2D eigenvalue weighted by atomic mass is 10.2. The topological polar surface area (TPSA) is 21.3 Å². The third-order valence-corrected chi connectivity index (χ3v) is 4.37. The van der Waals surface area contributed by atoms with E-state index in [4.69, 9.17) is 27.9 Å². The van der Waals surface area contributed by atoms with Crippen LogP contribution in [0.3, 0.4) is 0 Å². The second-order valence-electron chi connectivity index (χ2n) is 5.47. The number of benzene rings is 3. The van der Waals surface area contributed by atoms with Gasteiger partial charge < -0.3 is 10.1 Å². The Kier molecular flexibility index (Phi) is 5.79. The Bertz CT molecular complexity index is 870. The molecule has 0 aliphatic heterocycles. The van der Waals surface area contributed by atoms with Crippen molar-refractivity contribution in [2.75, 3.05) is 5.32 Å². The summed E-state index contributed by atoms with van der Waals surface area (Å²) in [6.07, 6.45) is 0. The van der Waals surface area contributed by atoms with Gasteiger partial charge in [0.2, 0.25) is 0 Å². The molecule has 0 aromatic heterocycles. The molecule has 0 spiro atoms. The summed E-state index contributed by atoms with van der Waals surface area (Å²) in [5.41, 5.74) is 2.65. The molecule has 0 saturated heterocycles. The SMILES string of the molecule is Fc1ccc(NCc2ccccc2OCc2ccccc2Cl)cc1Cl. The fourth-order valence-corrected chi connectivity index (χ4v) is 2.74. The van der Waals surface area contributed by atoms with Gasteiger partial charge in [0.05, 0.1) is 5.02 Å². The Hall–Kier alpha value is -2.23. The normalized spacial score (nSPS) is 10.5. The van der Waals surface area contributed by atoms with Gasteiger partial charge in [0, 0.05) is 28.4 Å². The Morgan fingerprint density at radius 3 is 2.32 bits per heavy atom. The van der Waals surface area contributed by atoms with Gasteiger partial charge in [-0.25, -0.2) is 4.39 Å².